The molecule has 1 aliphatic rings. The van der Waals surface area contributed by atoms with Gasteiger partial charge in [-0.25, -0.2) is 4.39 Å². The number of halogens is 2. The van der Waals surface area contributed by atoms with E-state index in [1.807, 2.05) is 0 Å². The number of carbonyl (C=O) groups excluding carboxylic acids is 3. The van der Waals surface area contributed by atoms with Crippen LogP contribution in [0.25, 0.3) is 0 Å². The van der Waals surface area contributed by atoms with Crippen LogP contribution in [0.4, 0.5) is 15.2 Å². The Morgan fingerprint density at radius 3 is 2.86 bits per heavy atom. The minimum Gasteiger partial charge on any atom is -0.497 e. The number of carbonyl (C=O) groups is 3. The van der Waals surface area contributed by atoms with E-state index in [0.29, 0.717) is 40.1 Å². The van der Waals surface area contributed by atoms with Crippen molar-refractivity contribution >= 4 is 51.5 Å². The van der Waals surface area contributed by atoms with Gasteiger partial charge in [-0.3, -0.25) is 14.4 Å². The van der Waals surface area contributed by atoms with Gasteiger partial charge in [-0.05, 0) is 36.4 Å². The molecule has 35 heavy (non-hydrogen) atoms. The number of hydrogen-bond donors (Lipinski definition) is 2. The summed E-state index contributed by atoms with van der Waals surface area (Å²) in [5, 5.41) is 14.4. The van der Waals surface area contributed by atoms with Crippen molar-refractivity contribution in [1.82, 2.24) is 15.5 Å². The highest BCUT2D eigenvalue weighted by Gasteiger charge is 2.35. The van der Waals surface area contributed by atoms with Crippen LogP contribution in [-0.2, 0) is 16.0 Å². The summed E-state index contributed by atoms with van der Waals surface area (Å²) in [6.07, 6.45) is 0.451. The van der Waals surface area contributed by atoms with Gasteiger partial charge in [0.1, 0.15) is 16.6 Å². The van der Waals surface area contributed by atoms with Crippen LogP contribution in [0.5, 0.6) is 5.75 Å². The van der Waals surface area contributed by atoms with Crippen molar-refractivity contribution in [2.45, 2.75) is 12.8 Å². The predicted octanol–water partition coefficient (Wildman–Crippen LogP) is 3.30. The lowest BCUT2D eigenvalue weighted by atomic mass is 10.1. The van der Waals surface area contributed by atoms with Gasteiger partial charge in [-0.1, -0.05) is 29.0 Å². The first-order valence-corrected chi connectivity index (χ1v) is 11.8. The number of anilines is 2. The number of amides is 3. The molecule has 1 aromatic heterocycles. The van der Waals surface area contributed by atoms with Crippen LogP contribution in [-0.4, -0.2) is 48.1 Å². The van der Waals surface area contributed by atoms with Crippen molar-refractivity contribution in [1.29, 1.82) is 0 Å². The normalized spacial score (nSPS) is 15.2. The molecule has 1 aliphatic heterocycles. The Kier molecular flexibility index (Phi) is 7.57. The second-order valence-corrected chi connectivity index (χ2v) is 9.20. The van der Waals surface area contributed by atoms with Gasteiger partial charge >= 0.3 is 0 Å². The molecule has 2 aromatic carbocycles. The minimum atomic E-state index is -0.596. The Balaban J connectivity index is 1.27. The molecule has 3 amide bonds. The van der Waals surface area contributed by atoms with E-state index in [2.05, 4.69) is 20.8 Å². The molecular weight excluding hydrogens is 497 g/mol. The third-order valence-corrected chi connectivity index (χ3v) is 6.55. The summed E-state index contributed by atoms with van der Waals surface area (Å²) < 4.78 is 18.5. The van der Waals surface area contributed by atoms with Crippen molar-refractivity contribution in [2.75, 3.05) is 30.4 Å². The molecule has 2 heterocycles. The molecule has 0 spiro atoms. The van der Waals surface area contributed by atoms with Crippen LogP contribution in [0.2, 0.25) is 5.02 Å². The largest absolute Gasteiger partial charge is 0.497 e. The Morgan fingerprint density at radius 1 is 1.26 bits per heavy atom. The van der Waals surface area contributed by atoms with Gasteiger partial charge in [-0.2, -0.15) is 0 Å². The maximum Gasteiger partial charge on any atom is 0.251 e. The summed E-state index contributed by atoms with van der Waals surface area (Å²) in [5.74, 6) is -1.43. The molecule has 1 unspecified atom stereocenters. The first-order valence-electron chi connectivity index (χ1n) is 10.6. The molecule has 3 aromatic rings. The Labute approximate surface area is 209 Å². The summed E-state index contributed by atoms with van der Waals surface area (Å²) in [6, 6.07) is 10.8. The number of ether oxygens (including phenoxy) is 1. The average Bonchev–Trinajstić information content (AvgIpc) is 3.47. The smallest absolute Gasteiger partial charge is 0.251 e. The Hall–Kier alpha value is -3.57. The monoisotopic (exact) mass is 517 g/mol. The summed E-state index contributed by atoms with van der Waals surface area (Å²) in [7, 11) is 1.53. The van der Waals surface area contributed by atoms with Gasteiger partial charge in [0.2, 0.25) is 16.9 Å². The zero-order valence-corrected chi connectivity index (χ0v) is 20.2. The average molecular weight is 518 g/mol. The highest BCUT2D eigenvalue weighted by molar-refractivity contribution is 7.15. The fraction of sp³-hybridized carbons (Fsp3) is 0.261. The molecule has 2 N–H and O–H groups in total. The Bertz CT molecular complexity index is 1270. The van der Waals surface area contributed by atoms with Crippen molar-refractivity contribution in [2.24, 2.45) is 5.92 Å². The van der Waals surface area contributed by atoms with E-state index in [1.54, 1.807) is 24.3 Å². The molecule has 9 nitrogen and oxygen atoms in total. The number of hydrogen-bond acceptors (Lipinski definition) is 7. The second kappa shape index (κ2) is 10.8. The zero-order valence-electron chi connectivity index (χ0n) is 18.6. The number of nitrogens with zero attached hydrogens (tertiary/aromatic N) is 3. The van der Waals surface area contributed by atoms with E-state index in [0.717, 1.165) is 0 Å². The minimum absolute atomic E-state index is 0.0167. The third kappa shape index (κ3) is 5.92. The molecule has 0 radical (unpaired) electrons. The number of methoxy groups -OCH3 is 1. The highest BCUT2D eigenvalue weighted by atomic mass is 35.5. The van der Waals surface area contributed by atoms with Crippen LogP contribution in [0.3, 0.4) is 0 Å². The van der Waals surface area contributed by atoms with E-state index >= 15 is 0 Å². The molecule has 0 aliphatic carbocycles. The molecule has 12 heteroatoms. The molecule has 0 saturated carbocycles. The molecule has 0 bridgehead atoms. The van der Waals surface area contributed by atoms with Crippen LogP contribution in [0.15, 0.2) is 42.5 Å². The second-order valence-electron chi connectivity index (χ2n) is 7.73. The molecule has 1 fully saturated rings. The maximum atomic E-state index is 13.4. The molecule has 182 valence electrons. The number of benzene rings is 2. The van der Waals surface area contributed by atoms with Crippen LogP contribution < -0.4 is 20.3 Å². The van der Waals surface area contributed by atoms with E-state index in [-0.39, 0.29) is 35.7 Å². The molecule has 1 saturated heterocycles. The van der Waals surface area contributed by atoms with E-state index in [4.69, 9.17) is 16.3 Å². The van der Waals surface area contributed by atoms with E-state index in [1.165, 1.54) is 41.5 Å². The number of rotatable bonds is 8. The summed E-state index contributed by atoms with van der Waals surface area (Å²) in [5.41, 5.74) is 0.920. The standard InChI is InChI=1S/C23H21ClFN5O4S/c1-34-16-4-2-3-13(9-16)21(32)26-8-7-19-28-29-23(35-19)27-22(33)14-10-20(31)30(12-14)15-5-6-18(25)17(24)11-15/h2-6,9,11,14H,7-8,10,12H2,1H3,(H,26,32)(H,27,29,33). The fourth-order valence-electron chi connectivity index (χ4n) is 3.55. The van der Waals surface area contributed by atoms with Gasteiger partial charge in [0.25, 0.3) is 5.91 Å². The van der Waals surface area contributed by atoms with Crippen molar-refractivity contribution in [3.8, 4) is 5.75 Å². The fourth-order valence-corrected chi connectivity index (χ4v) is 4.46. The maximum absolute atomic E-state index is 13.4. The summed E-state index contributed by atoms with van der Waals surface area (Å²) in [6.45, 7) is 0.486. The third-order valence-electron chi connectivity index (χ3n) is 5.36. The molecular formula is C23H21ClFN5O4S. The number of aromatic nitrogens is 2. The van der Waals surface area contributed by atoms with Gasteiger partial charge in [0, 0.05) is 37.2 Å². The van der Waals surface area contributed by atoms with Gasteiger partial charge in [-0.15, -0.1) is 10.2 Å². The van der Waals surface area contributed by atoms with Crippen LogP contribution in [0.1, 0.15) is 21.8 Å². The predicted molar refractivity (Wildman–Crippen MR) is 129 cm³/mol. The van der Waals surface area contributed by atoms with Crippen molar-refractivity contribution < 1.29 is 23.5 Å². The Morgan fingerprint density at radius 2 is 2.09 bits per heavy atom. The lowest BCUT2D eigenvalue weighted by Gasteiger charge is -2.17. The van der Waals surface area contributed by atoms with E-state index < -0.39 is 11.7 Å². The highest BCUT2D eigenvalue weighted by Crippen LogP contribution is 2.29. The zero-order chi connectivity index (χ0) is 24.9. The van der Waals surface area contributed by atoms with Crippen molar-refractivity contribution in [3.05, 3.63) is 63.9 Å². The quantitative estimate of drug-likeness (QED) is 0.474. The number of nitrogens with one attached hydrogen (secondary N) is 2. The lowest BCUT2D eigenvalue weighted by Crippen LogP contribution is -2.28. The van der Waals surface area contributed by atoms with Crippen LogP contribution in [0, 0.1) is 11.7 Å². The summed E-state index contributed by atoms with van der Waals surface area (Å²) in [4.78, 5) is 38.8. The molecule has 4 rings (SSSR count). The summed E-state index contributed by atoms with van der Waals surface area (Å²) >= 11 is 7.00. The van der Waals surface area contributed by atoms with E-state index in [9.17, 15) is 18.8 Å². The van der Waals surface area contributed by atoms with Gasteiger partial charge in [0.05, 0.1) is 18.1 Å². The van der Waals surface area contributed by atoms with Gasteiger partial charge < -0.3 is 20.3 Å². The SMILES string of the molecule is COc1cccc(C(=O)NCCc2nnc(NC(=O)C3CC(=O)N(c4ccc(F)c(Cl)c4)C3)s2)c1. The topological polar surface area (TPSA) is 114 Å². The lowest BCUT2D eigenvalue weighted by molar-refractivity contribution is -0.122. The van der Waals surface area contributed by atoms with Crippen LogP contribution >= 0.6 is 22.9 Å². The molecule has 1 atom stereocenters. The first-order chi connectivity index (χ1) is 16.8. The van der Waals surface area contributed by atoms with Gasteiger partial charge in [0.15, 0.2) is 0 Å². The first kappa shape index (κ1) is 24.6. The van der Waals surface area contributed by atoms with Crippen molar-refractivity contribution in [3.63, 3.8) is 0 Å².